The molecule has 0 saturated carbocycles. The zero-order valence-corrected chi connectivity index (χ0v) is 18.0. The lowest BCUT2D eigenvalue weighted by Gasteiger charge is -2.13. The minimum absolute atomic E-state index is 0.403. The number of benzene rings is 1. The predicted octanol–water partition coefficient (Wildman–Crippen LogP) is 6.12. The van der Waals surface area contributed by atoms with E-state index in [1.165, 1.54) is 22.5 Å². The van der Waals surface area contributed by atoms with Crippen LogP contribution in [0.15, 0.2) is 59.0 Å². The average Bonchev–Trinajstić information content (AvgIpc) is 3.15. The van der Waals surface area contributed by atoms with Gasteiger partial charge >= 0.3 is 0 Å². The zero-order chi connectivity index (χ0) is 20.7. The highest BCUT2D eigenvalue weighted by Crippen LogP contribution is 2.36. The van der Waals surface area contributed by atoms with Gasteiger partial charge in [-0.2, -0.15) is 5.26 Å². The van der Waals surface area contributed by atoms with Gasteiger partial charge in [-0.05, 0) is 70.0 Å². The van der Waals surface area contributed by atoms with Crippen molar-refractivity contribution in [3.8, 4) is 22.3 Å². The topological polar surface area (TPSA) is 71.9 Å². The van der Waals surface area contributed by atoms with E-state index in [0.717, 1.165) is 33.2 Å². The van der Waals surface area contributed by atoms with Crippen LogP contribution in [0.2, 0.25) is 0 Å². The van der Waals surface area contributed by atoms with Crippen molar-refractivity contribution in [2.24, 2.45) is 5.73 Å². The molecule has 4 nitrogen and oxygen atoms in total. The molecule has 0 amide bonds. The number of nitrogens with zero attached hydrogens (tertiary/aromatic N) is 2. The molecule has 146 valence electrons. The molecule has 0 radical (unpaired) electrons. The van der Waals surface area contributed by atoms with E-state index in [2.05, 4.69) is 31.8 Å². The van der Waals surface area contributed by atoms with Gasteiger partial charge in [-0.3, -0.25) is 0 Å². The van der Waals surface area contributed by atoms with Gasteiger partial charge < -0.3 is 10.5 Å². The highest BCUT2D eigenvalue weighted by Gasteiger charge is 2.13. The standard InChI is InChI=1S/C23H27N3OS/c1-6-16(4)17(5)10-19(9-15(2)3)27-21-11-18(12-24)7-8-20(21)22-14-26-23(13-25)28-22/h7-11,14H,6,13,25H2,1-5H3/b17-16+,19-10+. The van der Waals surface area contributed by atoms with E-state index in [9.17, 15) is 5.26 Å². The summed E-state index contributed by atoms with van der Waals surface area (Å²) in [5, 5.41) is 10.2. The maximum Gasteiger partial charge on any atom is 0.137 e. The molecule has 28 heavy (non-hydrogen) atoms. The lowest BCUT2D eigenvalue weighted by Crippen LogP contribution is -1.97. The van der Waals surface area contributed by atoms with Gasteiger partial charge in [0, 0.05) is 18.3 Å². The molecule has 0 aliphatic rings. The normalized spacial score (nSPS) is 12.2. The van der Waals surface area contributed by atoms with Crippen molar-refractivity contribution < 1.29 is 4.74 Å². The third-order valence-electron chi connectivity index (χ3n) is 4.33. The van der Waals surface area contributed by atoms with E-state index in [4.69, 9.17) is 10.5 Å². The fourth-order valence-electron chi connectivity index (χ4n) is 2.54. The van der Waals surface area contributed by atoms with Crippen LogP contribution in [0.5, 0.6) is 5.75 Å². The van der Waals surface area contributed by atoms with E-state index >= 15 is 0 Å². The van der Waals surface area contributed by atoms with Crippen molar-refractivity contribution in [1.82, 2.24) is 4.98 Å². The van der Waals surface area contributed by atoms with Crippen LogP contribution in [0, 0.1) is 11.3 Å². The highest BCUT2D eigenvalue weighted by atomic mass is 32.1. The Kier molecular flexibility index (Phi) is 7.74. The van der Waals surface area contributed by atoms with Crippen LogP contribution in [0.4, 0.5) is 0 Å². The number of rotatable bonds is 7. The first-order valence-electron chi connectivity index (χ1n) is 9.28. The smallest absolute Gasteiger partial charge is 0.137 e. The quantitative estimate of drug-likeness (QED) is 0.454. The zero-order valence-electron chi connectivity index (χ0n) is 17.2. The number of nitrogens with two attached hydrogens (primary N) is 1. The minimum Gasteiger partial charge on any atom is -0.457 e. The van der Waals surface area contributed by atoms with Crippen molar-refractivity contribution >= 4 is 11.3 Å². The van der Waals surface area contributed by atoms with E-state index < -0.39 is 0 Å². The van der Waals surface area contributed by atoms with Crippen LogP contribution in [-0.2, 0) is 6.54 Å². The number of aromatic nitrogens is 1. The molecule has 0 unspecified atom stereocenters. The molecule has 2 rings (SSSR count). The van der Waals surface area contributed by atoms with Crippen molar-refractivity contribution in [3.63, 3.8) is 0 Å². The Hall–Kier alpha value is -2.68. The second-order valence-electron chi connectivity index (χ2n) is 6.83. The molecule has 2 aromatic rings. The fraction of sp³-hybridized carbons (Fsp3) is 0.304. The largest absolute Gasteiger partial charge is 0.457 e. The van der Waals surface area contributed by atoms with E-state index in [1.807, 2.05) is 32.1 Å². The molecule has 0 aliphatic heterocycles. The van der Waals surface area contributed by atoms with Crippen LogP contribution in [0.3, 0.4) is 0 Å². The van der Waals surface area contributed by atoms with E-state index in [0.29, 0.717) is 17.9 Å². The molecule has 5 heteroatoms. The van der Waals surface area contributed by atoms with Gasteiger partial charge in [0.1, 0.15) is 16.5 Å². The Morgan fingerprint density at radius 1 is 1.25 bits per heavy atom. The van der Waals surface area contributed by atoms with Crippen molar-refractivity contribution in [1.29, 1.82) is 5.26 Å². The molecular weight excluding hydrogens is 366 g/mol. The maximum atomic E-state index is 9.33. The number of thiazole rings is 1. The first-order chi connectivity index (χ1) is 13.4. The molecular formula is C23H27N3OS. The van der Waals surface area contributed by atoms with Crippen LogP contribution in [0.25, 0.3) is 10.4 Å². The van der Waals surface area contributed by atoms with Gasteiger partial charge in [-0.25, -0.2) is 4.98 Å². The van der Waals surface area contributed by atoms with Crippen LogP contribution < -0.4 is 10.5 Å². The SMILES string of the molecule is CC/C(C)=C(C)/C=C(\C=C(C)C)Oc1cc(C#N)ccc1-c1cnc(CN)s1. The molecule has 1 heterocycles. The summed E-state index contributed by atoms with van der Waals surface area (Å²) in [5.74, 6) is 1.38. The Balaban J connectivity index is 2.55. The predicted molar refractivity (Wildman–Crippen MR) is 117 cm³/mol. The summed E-state index contributed by atoms with van der Waals surface area (Å²) < 4.78 is 6.31. The van der Waals surface area contributed by atoms with Gasteiger partial charge in [0.05, 0.1) is 16.5 Å². The van der Waals surface area contributed by atoms with E-state index in [-0.39, 0.29) is 0 Å². The van der Waals surface area contributed by atoms with Crippen LogP contribution >= 0.6 is 11.3 Å². The molecule has 2 N–H and O–H groups in total. The summed E-state index contributed by atoms with van der Waals surface area (Å²) in [4.78, 5) is 5.31. The number of hydrogen-bond donors (Lipinski definition) is 1. The summed E-state index contributed by atoms with van der Waals surface area (Å²) in [5.41, 5.74) is 10.8. The third kappa shape index (κ3) is 5.66. The third-order valence-corrected chi connectivity index (χ3v) is 5.38. The Bertz CT molecular complexity index is 970. The van der Waals surface area contributed by atoms with Gasteiger partial charge in [0.25, 0.3) is 0 Å². The van der Waals surface area contributed by atoms with Gasteiger partial charge in [-0.15, -0.1) is 11.3 Å². The summed E-state index contributed by atoms with van der Waals surface area (Å²) >= 11 is 1.53. The minimum atomic E-state index is 0.403. The molecule has 0 fully saturated rings. The van der Waals surface area contributed by atoms with Crippen LogP contribution in [-0.4, -0.2) is 4.98 Å². The van der Waals surface area contributed by atoms with Gasteiger partial charge in [0.2, 0.25) is 0 Å². The molecule has 0 atom stereocenters. The maximum absolute atomic E-state index is 9.33. The van der Waals surface area contributed by atoms with Gasteiger partial charge in [-0.1, -0.05) is 18.1 Å². The molecule has 1 aromatic heterocycles. The lowest BCUT2D eigenvalue weighted by atomic mass is 10.1. The molecule has 1 aromatic carbocycles. The van der Waals surface area contributed by atoms with Crippen molar-refractivity contribution in [3.05, 3.63) is 69.6 Å². The monoisotopic (exact) mass is 393 g/mol. The second-order valence-corrected chi connectivity index (χ2v) is 7.95. The first kappa shape index (κ1) is 21.6. The lowest BCUT2D eigenvalue weighted by molar-refractivity contribution is 0.445. The number of ether oxygens (including phenoxy) is 1. The Morgan fingerprint density at radius 2 is 2.00 bits per heavy atom. The summed E-state index contributed by atoms with van der Waals surface area (Å²) in [6.45, 7) is 10.8. The molecule has 0 spiro atoms. The first-order valence-corrected chi connectivity index (χ1v) is 10.1. The number of nitriles is 1. The second kappa shape index (κ2) is 10.0. The molecule has 0 aliphatic carbocycles. The Morgan fingerprint density at radius 3 is 2.57 bits per heavy atom. The summed E-state index contributed by atoms with van der Waals surface area (Å²) in [6.07, 6.45) is 6.85. The number of hydrogen-bond acceptors (Lipinski definition) is 5. The van der Waals surface area contributed by atoms with Crippen LogP contribution in [0.1, 0.15) is 51.6 Å². The van der Waals surface area contributed by atoms with Crippen molar-refractivity contribution in [2.75, 3.05) is 0 Å². The molecule has 0 bridgehead atoms. The van der Waals surface area contributed by atoms with Gasteiger partial charge in [0.15, 0.2) is 0 Å². The fourth-order valence-corrected chi connectivity index (χ4v) is 3.36. The number of allylic oxidation sites excluding steroid dienone is 5. The average molecular weight is 394 g/mol. The van der Waals surface area contributed by atoms with E-state index in [1.54, 1.807) is 18.3 Å². The summed E-state index contributed by atoms with van der Waals surface area (Å²) in [6, 6.07) is 7.66. The Labute approximate surface area is 171 Å². The highest BCUT2D eigenvalue weighted by molar-refractivity contribution is 7.15. The molecule has 0 saturated heterocycles. The summed E-state index contributed by atoms with van der Waals surface area (Å²) in [7, 11) is 0. The van der Waals surface area contributed by atoms with Crippen molar-refractivity contribution in [2.45, 2.75) is 47.6 Å².